The van der Waals surface area contributed by atoms with Gasteiger partial charge in [0, 0.05) is 18.8 Å². The van der Waals surface area contributed by atoms with Gasteiger partial charge in [0.25, 0.3) is 0 Å². The zero-order chi connectivity index (χ0) is 12.8. The number of piperazine rings is 1. The normalized spacial score (nSPS) is 24.2. The van der Waals surface area contributed by atoms with Crippen LogP contribution in [-0.2, 0) is 0 Å². The molecule has 0 bridgehead atoms. The maximum Gasteiger partial charge on any atom is 0.103 e. The molecule has 0 amide bonds. The van der Waals surface area contributed by atoms with Gasteiger partial charge < -0.3 is 4.90 Å². The van der Waals surface area contributed by atoms with Crippen molar-refractivity contribution in [1.29, 1.82) is 0 Å². The monoisotopic (exact) mass is 266 g/mol. The van der Waals surface area contributed by atoms with Crippen molar-refractivity contribution in [3.63, 3.8) is 0 Å². The van der Waals surface area contributed by atoms with Crippen LogP contribution in [0.15, 0.2) is 30.3 Å². The molecule has 0 saturated carbocycles. The molecule has 0 aliphatic carbocycles. The maximum atomic E-state index is 6.45. The molecule has 0 radical (unpaired) electrons. The van der Waals surface area contributed by atoms with E-state index in [-0.39, 0.29) is 5.50 Å². The Morgan fingerprint density at radius 1 is 1.28 bits per heavy atom. The SMILES string of the molecule is CCCCCC1C(Cl)NCCN1c1ccccc1. The van der Waals surface area contributed by atoms with Gasteiger partial charge in [0.1, 0.15) is 5.50 Å². The van der Waals surface area contributed by atoms with Crippen molar-refractivity contribution in [2.45, 2.75) is 44.1 Å². The predicted octanol–water partition coefficient (Wildman–Crippen LogP) is 3.61. The molecular formula is C15H23ClN2. The first-order valence-corrected chi connectivity index (χ1v) is 7.45. The first kappa shape index (κ1) is 13.7. The highest BCUT2D eigenvalue weighted by atomic mass is 35.5. The highest BCUT2D eigenvalue weighted by Crippen LogP contribution is 2.25. The standard InChI is InChI=1S/C15H23ClN2/c1-2-3-5-10-14-15(16)17-11-12-18(14)13-8-6-4-7-9-13/h4,6-9,14-15,17H,2-3,5,10-12H2,1H3. The molecule has 2 atom stereocenters. The molecule has 0 aromatic heterocycles. The molecule has 1 aliphatic rings. The Labute approximate surface area is 115 Å². The van der Waals surface area contributed by atoms with Gasteiger partial charge in [-0.05, 0) is 18.6 Å². The molecule has 1 aromatic carbocycles. The van der Waals surface area contributed by atoms with Crippen LogP contribution in [0.3, 0.4) is 0 Å². The van der Waals surface area contributed by atoms with Crippen LogP contribution in [-0.4, -0.2) is 24.6 Å². The van der Waals surface area contributed by atoms with E-state index in [0.717, 1.165) is 13.1 Å². The highest BCUT2D eigenvalue weighted by molar-refractivity contribution is 6.21. The third-order valence-electron chi connectivity index (χ3n) is 3.62. The van der Waals surface area contributed by atoms with Gasteiger partial charge >= 0.3 is 0 Å². The Morgan fingerprint density at radius 3 is 2.78 bits per heavy atom. The molecular weight excluding hydrogens is 244 g/mol. The van der Waals surface area contributed by atoms with E-state index in [1.54, 1.807) is 0 Å². The molecule has 1 aromatic rings. The van der Waals surface area contributed by atoms with E-state index in [0.29, 0.717) is 6.04 Å². The summed E-state index contributed by atoms with van der Waals surface area (Å²) in [5.41, 5.74) is 1.36. The van der Waals surface area contributed by atoms with E-state index < -0.39 is 0 Å². The fourth-order valence-corrected chi connectivity index (χ4v) is 3.00. The lowest BCUT2D eigenvalue weighted by Crippen LogP contribution is -2.55. The van der Waals surface area contributed by atoms with E-state index in [1.165, 1.54) is 31.4 Å². The summed E-state index contributed by atoms with van der Waals surface area (Å²) < 4.78 is 0. The number of hydrogen-bond donors (Lipinski definition) is 1. The van der Waals surface area contributed by atoms with E-state index in [4.69, 9.17) is 11.6 Å². The predicted molar refractivity (Wildman–Crippen MR) is 79.4 cm³/mol. The van der Waals surface area contributed by atoms with Gasteiger partial charge in [-0.25, -0.2) is 0 Å². The number of benzene rings is 1. The van der Waals surface area contributed by atoms with Gasteiger partial charge in [0.15, 0.2) is 0 Å². The smallest absolute Gasteiger partial charge is 0.103 e. The zero-order valence-electron chi connectivity index (χ0n) is 11.1. The van der Waals surface area contributed by atoms with Crippen molar-refractivity contribution >= 4 is 17.3 Å². The number of nitrogens with one attached hydrogen (secondary N) is 1. The Bertz CT molecular complexity index is 342. The van der Waals surface area contributed by atoms with Crippen molar-refractivity contribution in [1.82, 2.24) is 5.32 Å². The quantitative estimate of drug-likeness (QED) is 0.498. The van der Waals surface area contributed by atoms with Crippen molar-refractivity contribution in [3.05, 3.63) is 30.3 Å². The number of alkyl halides is 1. The fourth-order valence-electron chi connectivity index (χ4n) is 2.63. The summed E-state index contributed by atoms with van der Waals surface area (Å²) >= 11 is 6.45. The van der Waals surface area contributed by atoms with E-state index in [1.807, 2.05) is 0 Å². The summed E-state index contributed by atoms with van der Waals surface area (Å²) in [6.45, 7) is 4.25. The van der Waals surface area contributed by atoms with Gasteiger partial charge in [-0.2, -0.15) is 0 Å². The minimum Gasteiger partial charge on any atom is -0.364 e. The number of halogens is 1. The Balaban J connectivity index is 2.05. The summed E-state index contributed by atoms with van der Waals surface area (Å²) in [6.07, 6.45) is 4.99. The van der Waals surface area contributed by atoms with Crippen LogP contribution < -0.4 is 10.2 Å². The summed E-state index contributed by atoms with van der Waals surface area (Å²) in [5.74, 6) is 0. The Hall–Kier alpha value is -0.730. The van der Waals surface area contributed by atoms with Gasteiger partial charge in [-0.3, -0.25) is 5.32 Å². The molecule has 2 rings (SSSR count). The number of para-hydroxylation sites is 1. The Kier molecular flexibility index (Phi) is 5.33. The summed E-state index contributed by atoms with van der Waals surface area (Å²) in [5, 5.41) is 3.38. The van der Waals surface area contributed by atoms with Crippen LogP contribution in [0.2, 0.25) is 0 Å². The average molecular weight is 267 g/mol. The lowest BCUT2D eigenvalue weighted by molar-refractivity contribution is 0.410. The van der Waals surface area contributed by atoms with E-state index in [9.17, 15) is 0 Å². The third kappa shape index (κ3) is 3.39. The van der Waals surface area contributed by atoms with Gasteiger partial charge in [0.05, 0.1) is 6.04 Å². The first-order chi connectivity index (χ1) is 8.83. The molecule has 1 aliphatic heterocycles. The van der Waals surface area contributed by atoms with Crippen molar-refractivity contribution in [3.8, 4) is 0 Å². The molecule has 1 N–H and O–H groups in total. The van der Waals surface area contributed by atoms with E-state index in [2.05, 4.69) is 47.5 Å². The molecule has 0 spiro atoms. The van der Waals surface area contributed by atoms with Crippen molar-refractivity contribution in [2.24, 2.45) is 0 Å². The van der Waals surface area contributed by atoms with Crippen LogP contribution in [0.25, 0.3) is 0 Å². The largest absolute Gasteiger partial charge is 0.364 e. The van der Waals surface area contributed by atoms with Gasteiger partial charge in [-0.15, -0.1) is 11.6 Å². The van der Waals surface area contributed by atoms with Crippen LogP contribution in [0, 0.1) is 0 Å². The number of unbranched alkanes of at least 4 members (excludes halogenated alkanes) is 2. The lowest BCUT2D eigenvalue weighted by atomic mass is 10.0. The molecule has 1 saturated heterocycles. The minimum absolute atomic E-state index is 0.0656. The maximum absolute atomic E-state index is 6.45. The second-order valence-corrected chi connectivity index (χ2v) is 5.42. The summed E-state index contributed by atoms with van der Waals surface area (Å²) in [4.78, 5) is 2.46. The molecule has 18 heavy (non-hydrogen) atoms. The molecule has 3 heteroatoms. The van der Waals surface area contributed by atoms with E-state index >= 15 is 0 Å². The van der Waals surface area contributed by atoms with Gasteiger partial charge in [-0.1, -0.05) is 44.4 Å². The molecule has 1 heterocycles. The lowest BCUT2D eigenvalue weighted by Gasteiger charge is -2.41. The topological polar surface area (TPSA) is 15.3 Å². The van der Waals surface area contributed by atoms with Crippen molar-refractivity contribution in [2.75, 3.05) is 18.0 Å². The summed E-state index contributed by atoms with van der Waals surface area (Å²) in [7, 11) is 0. The number of hydrogen-bond acceptors (Lipinski definition) is 2. The van der Waals surface area contributed by atoms with Crippen molar-refractivity contribution < 1.29 is 0 Å². The third-order valence-corrected chi connectivity index (χ3v) is 4.07. The Morgan fingerprint density at radius 2 is 2.06 bits per heavy atom. The second kappa shape index (κ2) is 7.01. The minimum atomic E-state index is 0.0656. The van der Waals surface area contributed by atoms with Crippen LogP contribution in [0.1, 0.15) is 32.6 Å². The first-order valence-electron chi connectivity index (χ1n) is 7.02. The van der Waals surface area contributed by atoms with Gasteiger partial charge in [0.2, 0.25) is 0 Å². The van der Waals surface area contributed by atoms with Crippen LogP contribution in [0.4, 0.5) is 5.69 Å². The molecule has 1 fully saturated rings. The molecule has 2 unspecified atom stereocenters. The number of anilines is 1. The highest BCUT2D eigenvalue weighted by Gasteiger charge is 2.29. The number of nitrogens with zero attached hydrogens (tertiary/aromatic N) is 1. The summed E-state index contributed by atoms with van der Waals surface area (Å²) in [6, 6.07) is 11.0. The van der Waals surface area contributed by atoms with Crippen LogP contribution in [0.5, 0.6) is 0 Å². The van der Waals surface area contributed by atoms with Crippen LogP contribution >= 0.6 is 11.6 Å². The number of rotatable bonds is 5. The average Bonchev–Trinajstić information content (AvgIpc) is 2.42. The molecule has 2 nitrogen and oxygen atoms in total. The zero-order valence-corrected chi connectivity index (χ0v) is 11.9. The second-order valence-electron chi connectivity index (χ2n) is 4.95. The molecule has 100 valence electrons. The fraction of sp³-hybridized carbons (Fsp3) is 0.600.